The smallest absolute Gasteiger partial charge is 0.196 e. The van der Waals surface area contributed by atoms with Crippen LogP contribution in [0.1, 0.15) is 15.9 Å². The lowest BCUT2D eigenvalue weighted by Crippen LogP contribution is -2.06. The van der Waals surface area contributed by atoms with E-state index in [0.717, 1.165) is 30.3 Å². The fourth-order valence-corrected chi connectivity index (χ4v) is 1.85. The summed E-state index contributed by atoms with van der Waals surface area (Å²) >= 11 is 2.81. The first-order valence-electron chi connectivity index (χ1n) is 5.14. The van der Waals surface area contributed by atoms with Crippen LogP contribution in [-0.4, -0.2) is 5.78 Å². The first-order chi connectivity index (χ1) is 8.90. The molecule has 2 aromatic carbocycles. The van der Waals surface area contributed by atoms with Crippen LogP contribution in [0, 0.1) is 17.5 Å². The van der Waals surface area contributed by atoms with Crippen molar-refractivity contribution in [3.05, 3.63) is 63.4 Å². The van der Waals surface area contributed by atoms with Crippen LogP contribution < -0.4 is 5.73 Å². The molecular weight excluding hydrogens is 323 g/mol. The zero-order chi connectivity index (χ0) is 14.2. The van der Waals surface area contributed by atoms with Crippen molar-refractivity contribution in [1.29, 1.82) is 0 Å². The van der Waals surface area contributed by atoms with E-state index in [1.807, 2.05) is 0 Å². The summed E-state index contributed by atoms with van der Waals surface area (Å²) in [5.74, 6) is -3.09. The molecule has 0 fully saturated rings. The summed E-state index contributed by atoms with van der Waals surface area (Å²) in [7, 11) is 0. The van der Waals surface area contributed by atoms with Crippen molar-refractivity contribution in [1.82, 2.24) is 0 Å². The molecule has 6 heteroatoms. The molecule has 0 spiro atoms. The zero-order valence-electron chi connectivity index (χ0n) is 9.38. The lowest BCUT2D eigenvalue weighted by Gasteiger charge is -2.05. The molecule has 0 unspecified atom stereocenters. The predicted octanol–water partition coefficient (Wildman–Crippen LogP) is 3.68. The van der Waals surface area contributed by atoms with Gasteiger partial charge in [0, 0.05) is 5.56 Å². The molecule has 2 aromatic rings. The van der Waals surface area contributed by atoms with E-state index in [-0.39, 0.29) is 15.7 Å². The SMILES string of the molecule is Nc1cc(C(=O)c2cc(F)c(Br)cc2F)ccc1F. The van der Waals surface area contributed by atoms with Gasteiger partial charge in [0.1, 0.15) is 17.5 Å². The average molecular weight is 330 g/mol. The highest BCUT2D eigenvalue weighted by Crippen LogP contribution is 2.23. The summed E-state index contributed by atoms with van der Waals surface area (Å²) < 4.78 is 39.9. The second-order valence-corrected chi connectivity index (χ2v) is 4.67. The molecule has 0 aliphatic carbocycles. The summed E-state index contributed by atoms with van der Waals surface area (Å²) in [5, 5.41) is 0. The lowest BCUT2D eigenvalue weighted by molar-refractivity contribution is 0.103. The van der Waals surface area contributed by atoms with Crippen LogP contribution >= 0.6 is 15.9 Å². The number of nitrogen functional groups attached to an aromatic ring is 1. The first kappa shape index (κ1) is 13.6. The van der Waals surface area contributed by atoms with E-state index in [1.165, 1.54) is 0 Å². The van der Waals surface area contributed by atoms with Crippen LogP contribution in [0.2, 0.25) is 0 Å². The van der Waals surface area contributed by atoms with Crippen LogP contribution in [0.3, 0.4) is 0 Å². The van der Waals surface area contributed by atoms with Gasteiger partial charge < -0.3 is 5.73 Å². The van der Waals surface area contributed by atoms with Crippen molar-refractivity contribution in [3.8, 4) is 0 Å². The molecule has 19 heavy (non-hydrogen) atoms. The number of anilines is 1. The molecule has 98 valence electrons. The second-order valence-electron chi connectivity index (χ2n) is 3.81. The van der Waals surface area contributed by atoms with E-state index >= 15 is 0 Å². The Balaban J connectivity index is 2.49. The summed E-state index contributed by atoms with van der Waals surface area (Å²) in [5.41, 5.74) is 4.64. The Hall–Kier alpha value is -1.82. The number of benzene rings is 2. The highest BCUT2D eigenvalue weighted by Gasteiger charge is 2.17. The summed E-state index contributed by atoms with van der Waals surface area (Å²) in [6, 6.07) is 4.87. The van der Waals surface area contributed by atoms with E-state index in [0.29, 0.717) is 0 Å². The lowest BCUT2D eigenvalue weighted by atomic mass is 10.0. The number of carbonyl (C=O) groups is 1. The minimum Gasteiger partial charge on any atom is -0.396 e. The van der Waals surface area contributed by atoms with Crippen LogP contribution in [0.25, 0.3) is 0 Å². The van der Waals surface area contributed by atoms with Crippen molar-refractivity contribution < 1.29 is 18.0 Å². The van der Waals surface area contributed by atoms with Crippen LogP contribution in [0.5, 0.6) is 0 Å². The van der Waals surface area contributed by atoms with Gasteiger partial charge in [-0.25, -0.2) is 13.2 Å². The molecule has 0 aliphatic heterocycles. The largest absolute Gasteiger partial charge is 0.396 e. The maximum Gasteiger partial charge on any atom is 0.196 e. The van der Waals surface area contributed by atoms with Crippen molar-refractivity contribution in [3.63, 3.8) is 0 Å². The molecule has 0 heterocycles. The number of carbonyl (C=O) groups excluding carboxylic acids is 1. The van der Waals surface area contributed by atoms with Gasteiger partial charge in [-0.1, -0.05) is 0 Å². The van der Waals surface area contributed by atoms with Gasteiger partial charge in [-0.2, -0.15) is 0 Å². The van der Waals surface area contributed by atoms with E-state index in [1.54, 1.807) is 0 Å². The van der Waals surface area contributed by atoms with Crippen LogP contribution in [0.15, 0.2) is 34.8 Å². The molecule has 2 N–H and O–H groups in total. The summed E-state index contributed by atoms with van der Waals surface area (Å²) in [4.78, 5) is 12.0. The number of ketones is 1. The van der Waals surface area contributed by atoms with Gasteiger partial charge in [0.15, 0.2) is 5.78 Å². The summed E-state index contributed by atoms with van der Waals surface area (Å²) in [6.45, 7) is 0. The normalized spacial score (nSPS) is 10.5. The molecule has 0 atom stereocenters. The summed E-state index contributed by atoms with van der Waals surface area (Å²) in [6.07, 6.45) is 0. The maximum atomic E-state index is 13.6. The third-order valence-electron chi connectivity index (χ3n) is 2.51. The third-order valence-corrected chi connectivity index (χ3v) is 3.12. The number of halogens is 4. The molecule has 0 radical (unpaired) electrons. The minimum absolute atomic E-state index is 0.0143. The number of hydrogen-bond acceptors (Lipinski definition) is 2. The van der Waals surface area contributed by atoms with Gasteiger partial charge in [0.2, 0.25) is 0 Å². The number of hydrogen-bond donors (Lipinski definition) is 1. The molecule has 2 rings (SSSR count). The Labute approximate surface area is 115 Å². The Morgan fingerprint density at radius 1 is 1.00 bits per heavy atom. The molecule has 0 aliphatic rings. The van der Waals surface area contributed by atoms with E-state index in [4.69, 9.17) is 5.73 Å². The highest BCUT2D eigenvalue weighted by atomic mass is 79.9. The Kier molecular flexibility index (Phi) is 3.61. The van der Waals surface area contributed by atoms with Crippen molar-refractivity contribution >= 4 is 27.4 Å². The fraction of sp³-hybridized carbons (Fsp3) is 0. The second kappa shape index (κ2) is 5.05. The average Bonchev–Trinajstić information content (AvgIpc) is 2.36. The molecule has 2 nitrogen and oxygen atoms in total. The van der Waals surface area contributed by atoms with Gasteiger partial charge in [-0.15, -0.1) is 0 Å². The topological polar surface area (TPSA) is 43.1 Å². The molecule has 0 aromatic heterocycles. The molecule has 0 amide bonds. The Morgan fingerprint density at radius 3 is 2.32 bits per heavy atom. The van der Waals surface area contributed by atoms with E-state index in [9.17, 15) is 18.0 Å². The predicted molar refractivity (Wildman–Crippen MR) is 68.3 cm³/mol. The molecular formula is C13H7BrF3NO. The maximum absolute atomic E-state index is 13.6. The number of rotatable bonds is 2. The van der Waals surface area contributed by atoms with Gasteiger partial charge in [0.25, 0.3) is 0 Å². The van der Waals surface area contributed by atoms with Crippen LogP contribution in [0.4, 0.5) is 18.9 Å². The van der Waals surface area contributed by atoms with E-state index < -0.39 is 28.8 Å². The molecule has 0 saturated carbocycles. The first-order valence-corrected chi connectivity index (χ1v) is 5.93. The standard InChI is InChI=1S/C13H7BrF3NO/c14-8-5-10(16)7(4-11(8)17)13(19)6-1-2-9(15)12(18)3-6/h1-5H,18H2. The van der Waals surface area contributed by atoms with Crippen LogP contribution in [-0.2, 0) is 0 Å². The minimum atomic E-state index is -0.874. The fourth-order valence-electron chi connectivity index (χ4n) is 1.54. The van der Waals surface area contributed by atoms with Crippen molar-refractivity contribution in [2.75, 3.05) is 5.73 Å². The highest BCUT2D eigenvalue weighted by molar-refractivity contribution is 9.10. The van der Waals surface area contributed by atoms with Gasteiger partial charge in [-0.3, -0.25) is 4.79 Å². The van der Waals surface area contributed by atoms with Crippen molar-refractivity contribution in [2.24, 2.45) is 0 Å². The molecule has 0 saturated heterocycles. The van der Waals surface area contributed by atoms with Gasteiger partial charge in [0.05, 0.1) is 15.7 Å². The van der Waals surface area contributed by atoms with Gasteiger partial charge >= 0.3 is 0 Å². The Bertz CT molecular complexity index is 673. The van der Waals surface area contributed by atoms with Crippen molar-refractivity contribution in [2.45, 2.75) is 0 Å². The quantitative estimate of drug-likeness (QED) is 0.519. The third kappa shape index (κ3) is 2.63. The monoisotopic (exact) mass is 329 g/mol. The van der Waals surface area contributed by atoms with E-state index in [2.05, 4.69) is 15.9 Å². The van der Waals surface area contributed by atoms with Gasteiger partial charge in [-0.05, 0) is 46.3 Å². The Morgan fingerprint density at radius 2 is 1.68 bits per heavy atom. The number of nitrogens with two attached hydrogens (primary N) is 1. The zero-order valence-corrected chi connectivity index (χ0v) is 11.0. The molecule has 0 bridgehead atoms.